The number of benzene rings is 1. The number of hydrogen-bond donors (Lipinski definition) is 2. The molecule has 3 rings (SSSR count). The van der Waals surface area contributed by atoms with Crippen molar-refractivity contribution < 1.29 is 18.0 Å². The Balaban J connectivity index is 1.38. The molecule has 3 nitrogen and oxygen atoms in total. The highest BCUT2D eigenvalue weighted by molar-refractivity contribution is 6.31. The maximum absolute atomic E-state index is 13.4. The lowest BCUT2D eigenvalue weighted by Crippen LogP contribution is -2.43. The maximum Gasteiger partial charge on any atom is 0.251 e. The quantitative estimate of drug-likeness (QED) is 0.732. The van der Waals surface area contributed by atoms with Crippen molar-refractivity contribution in [2.75, 3.05) is 6.54 Å². The first-order valence-electron chi connectivity index (χ1n) is 9.69. The molecule has 2 saturated carbocycles. The molecule has 150 valence electrons. The SMILES string of the molecule is O=C(NC1CCC(NCC2CCC(F)(F)CC2)CC1)c1cc(F)cc(Cl)c1. The summed E-state index contributed by atoms with van der Waals surface area (Å²) < 4.78 is 39.8. The fourth-order valence-corrected chi connectivity index (χ4v) is 4.25. The van der Waals surface area contributed by atoms with Crippen molar-refractivity contribution in [3.8, 4) is 0 Å². The van der Waals surface area contributed by atoms with Crippen LogP contribution in [0.25, 0.3) is 0 Å². The Morgan fingerprint density at radius 3 is 2.30 bits per heavy atom. The van der Waals surface area contributed by atoms with Crippen molar-refractivity contribution in [3.63, 3.8) is 0 Å². The van der Waals surface area contributed by atoms with Crippen molar-refractivity contribution in [3.05, 3.63) is 34.6 Å². The second-order valence-electron chi connectivity index (χ2n) is 7.89. The van der Waals surface area contributed by atoms with E-state index in [1.165, 1.54) is 18.2 Å². The fraction of sp³-hybridized carbons (Fsp3) is 0.650. The Hall–Kier alpha value is -1.27. The molecule has 7 heteroatoms. The van der Waals surface area contributed by atoms with Crippen LogP contribution < -0.4 is 10.6 Å². The molecule has 2 aliphatic rings. The van der Waals surface area contributed by atoms with Gasteiger partial charge < -0.3 is 10.6 Å². The van der Waals surface area contributed by atoms with E-state index >= 15 is 0 Å². The van der Waals surface area contributed by atoms with Crippen molar-refractivity contribution in [1.82, 2.24) is 10.6 Å². The summed E-state index contributed by atoms with van der Waals surface area (Å²) in [6.07, 6.45) is 4.72. The number of amides is 1. The van der Waals surface area contributed by atoms with Crippen molar-refractivity contribution in [2.24, 2.45) is 5.92 Å². The Bertz CT molecular complexity index is 632. The van der Waals surface area contributed by atoms with Crippen LogP contribution >= 0.6 is 11.6 Å². The minimum absolute atomic E-state index is 0.00220. The van der Waals surface area contributed by atoms with Crippen molar-refractivity contribution >= 4 is 17.5 Å². The Morgan fingerprint density at radius 1 is 1.04 bits per heavy atom. The first-order chi connectivity index (χ1) is 12.8. The molecule has 1 amide bonds. The minimum Gasteiger partial charge on any atom is -0.349 e. The highest BCUT2D eigenvalue weighted by Gasteiger charge is 2.35. The van der Waals surface area contributed by atoms with Crippen LogP contribution in [0.4, 0.5) is 13.2 Å². The van der Waals surface area contributed by atoms with Gasteiger partial charge in [0.1, 0.15) is 5.82 Å². The molecule has 0 saturated heterocycles. The number of rotatable bonds is 5. The van der Waals surface area contributed by atoms with Gasteiger partial charge in [-0.05, 0) is 69.2 Å². The lowest BCUT2D eigenvalue weighted by atomic mass is 9.85. The predicted molar refractivity (Wildman–Crippen MR) is 99.8 cm³/mol. The molecule has 0 unspecified atom stereocenters. The zero-order valence-electron chi connectivity index (χ0n) is 15.2. The number of nitrogens with one attached hydrogen (secondary N) is 2. The second-order valence-corrected chi connectivity index (χ2v) is 8.32. The average Bonchev–Trinajstić information content (AvgIpc) is 2.61. The van der Waals surface area contributed by atoms with Gasteiger partial charge in [0, 0.05) is 35.5 Å². The molecule has 2 fully saturated rings. The van der Waals surface area contributed by atoms with Gasteiger partial charge in [0.25, 0.3) is 5.91 Å². The normalized spacial score (nSPS) is 25.9. The first kappa shape index (κ1) is 20.5. The summed E-state index contributed by atoms with van der Waals surface area (Å²) >= 11 is 5.80. The van der Waals surface area contributed by atoms with E-state index in [0.29, 0.717) is 24.8 Å². The van der Waals surface area contributed by atoms with Gasteiger partial charge in [-0.3, -0.25) is 4.79 Å². The van der Waals surface area contributed by atoms with Crippen molar-refractivity contribution in [2.45, 2.75) is 69.4 Å². The highest BCUT2D eigenvalue weighted by atomic mass is 35.5. The highest BCUT2D eigenvalue weighted by Crippen LogP contribution is 2.36. The molecule has 0 bridgehead atoms. The van der Waals surface area contributed by atoms with E-state index in [1.54, 1.807) is 0 Å². The van der Waals surface area contributed by atoms with E-state index in [9.17, 15) is 18.0 Å². The maximum atomic E-state index is 13.4. The summed E-state index contributed by atoms with van der Waals surface area (Å²) in [7, 11) is 0. The van der Waals surface area contributed by atoms with Crippen LogP contribution in [0.1, 0.15) is 61.7 Å². The molecule has 2 aliphatic carbocycles. The number of carbonyl (C=O) groups excluding carboxylic acids is 1. The number of hydrogen-bond acceptors (Lipinski definition) is 2. The monoisotopic (exact) mass is 402 g/mol. The van der Waals surface area contributed by atoms with Gasteiger partial charge in [-0.1, -0.05) is 11.6 Å². The third-order valence-electron chi connectivity index (χ3n) is 5.72. The third-order valence-corrected chi connectivity index (χ3v) is 5.94. The van der Waals surface area contributed by atoms with E-state index in [0.717, 1.165) is 32.2 Å². The van der Waals surface area contributed by atoms with Gasteiger partial charge in [-0.2, -0.15) is 0 Å². The Kier molecular flexibility index (Phi) is 6.69. The average molecular weight is 403 g/mol. The van der Waals surface area contributed by atoms with E-state index in [1.807, 2.05) is 0 Å². The summed E-state index contributed by atoms with van der Waals surface area (Å²) in [4.78, 5) is 12.3. The van der Waals surface area contributed by atoms with Gasteiger partial charge in [0.2, 0.25) is 5.92 Å². The van der Waals surface area contributed by atoms with Gasteiger partial charge in [-0.15, -0.1) is 0 Å². The first-order valence-corrected chi connectivity index (χ1v) is 10.1. The standard InChI is InChI=1S/C20H26ClF3N2O/c21-15-9-14(10-16(22)11-15)19(27)26-18-3-1-17(2-4-18)25-12-13-5-7-20(23,24)8-6-13/h9-11,13,17-18,25H,1-8,12H2,(H,26,27). The summed E-state index contributed by atoms with van der Waals surface area (Å²) in [6, 6.07) is 4.24. The van der Waals surface area contributed by atoms with E-state index in [-0.39, 0.29) is 35.4 Å². The van der Waals surface area contributed by atoms with Gasteiger partial charge in [0.05, 0.1) is 0 Å². The molecule has 0 aliphatic heterocycles. The summed E-state index contributed by atoms with van der Waals surface area (Å²) in [5.41, 5.74) is 0.231. The Morgan fingerprint density at radius 2 is 1.67 bits per heavy atom. The molecule has 1 aromatic carbocycles. The van der Waals surface area contributed by atoms with Crippen LogP contribution in [0.5, 0.6) is 0 Å². The molecule has 1 aromatic rings. The van der Waals surface area contributed by atoms with Crippen LogP contribution in [0.2, 0.25) is 5.02 Å². The molecule has 27 heavy (non-hydrogen) atoms. The van der Waals surface area contributed by atoms with Gasteiger partial charge in [-0.25, -0.2) is 13.2 Å². The summed E-state index contributed by atoms with van der Waals surface area (Å²) in [5.74, 6) is -2.98. The molecule has 0 spiro atoms. The molecule has 0 radical (unpaired) electrons. The minimum atomic E-state index is -2.47. The Labute approximate surface area is 163 Å². The molecular formula is C20H26ClF3N2O. The third kappa shape index (κ3) is 6.11. The lowest BCUT2D eigenvalue weighted by Gasteiger charge is -2.33. The van der Waals surface area contributed by atoms with E-state index in [4.69, 9.17) is 11.6 Å². The molecule has 0 atom stereocenters. The van der Waals surface area contributed by atoms with Crippen LogP contribution in [-0.2, 0) is 0 Å². The van der Waals surface area contributed by atoms with Gasteiger partial charge >= 0.3 is 0 Å². The predicted octanol–water partition coefficient (Wildman–Crippen LogP) is 4.94. The van der Waals surface area contributed by atoms with Crippen LogP contribution in [0, 0.1) is 11.7 Å². The van der Waals surface area contributed by atoms with E-state index < -0.39 is 11.7 Å². The molecule has 0 aromatic heterocycles. The molecule has 0 heterocycles. The summed E-state index contributed by atoms with van der Waals surface area (Å²) in [5, 5.41) is 6.67. The van der Waals surface area contributed by atoms with Crippen LogP contribution in [0.15, 0.2) is 18.2 Å². The number of carbonyl (C=O) groups is 1. The van der Waals surface area contributed by atoms with Crippen molar-refractivity contribution in [1.29, 1.82) is 0 Å². The molecule has 2 N–H and O–H groups in total. The van der Waals surface area contributed by atoms with Gasteiger partial charge in [0.15, 0.2) is 0 Å². The zero-order valence-corrected chi connectivity index (χ0v) is 16.0. The number of halogens is 4. The van der Waals surface area contributed by atoms with E-state index in [2.05, 4.69) is 10.6 Å². The van der Waals surface area contributed by atoms with Crippen LogP contribution in [0.3, 0.4) is 0 Å². The fourth-order valence-electron chi connectivity index (χ4n) is 4.03. The zero-order chi connectivity index (χ0) is 19.4. The topological polar surface area (TPSA) is 41.1 Å². The lowest BCUT2D eigenvalue weighted by molar-refractivity contribution is -0.0457. The molecular weight excluding hydrogens is 377 g/mol. The number of alkyl halides is 2. The smallest absolute Gasteiger partial charge is 0.251 e. The second kappa shape index (κ2) is 8.82. The largest absolute Gasteiger partial charge is 0.349 e. The summed E-state index contributed by atoms with van der Waals surface area (Å²) in [6.45, 7) is 0.791. The van der Waals surface area contributed by atoms with Crippen LogP contribution in [-0.4, -0.2) is 30.5 Å².